The Bertz CT molecular complexity index is 642. The van der Waals surface area contributed by atoms with Crippen molar-refractivity contribution in [2.45, 2.75) is 13.0 Å². The molecule has 4 nitrogen and oxygen atoms in total. The van der Waals surface area contributed by atoms with Crippen LogP contribution in [0.5, 0.6) is 11.5 Å². The molecule has 0 radical (unpaired) electrons. The Labute approximate surface area is 139 Å². The van der Waals surface area contributed by atoms with Gasteiger partial charge in [0.25, 0.3) is 0 Å². The Kier molecular flexibility index (Phi) is 5.83. The number of pyridine rings is 1. The maximum Gasteiger partial charge on any atom is 0.164 e. The van der Waals surface area contributed by atoms with E-state index in [1.165, 1.54) is 0 Å². The van der Waals surface area contributed by atoms with Gasteiger partial charge in [0.2, 0.25) is 0 Å². The van der Waals surface area contributed by atoms with E-state index in [1.54, 1.807) is 20.4 Å². The number of methoxy groups -OCH3 is 2. The van der Waals surface area contributed by atoms with Gasteiger partial charge in [-0.3, -0.25) is 0 Å². The molecule has 0 atom stereocenters. The number of halogens is 1. The highest BCUT2D eigenvalue weighted by atomic mass is 79.9. The van der Waals surface area contributed by atoms with Crippen LogP contribution < -0.4 is 14.8 Å². The van der Waals surface area contributed by atoms with Crippen molar-refractivity contribution < 1.29 is 9.47 Å². The van der Waals surface area contributed by atoms with E-state index in [-0.39, 0.29) is 0 Å². The number of aromatic nitrogens is 1. The summed E-state index contributed by atoms with van der Waals surface area (Å²) in [6.07, 6.45) is 4.34. The van der Waals surface area contributed by atoms with Crippen LogP contribution in [0.4, 0.5) is 5.82 Å². The van der Waals surface area contributed by atoms with Crippen LogP contribution in [0.3, 0.4) is 0 Å². The van der Waals surface area contributed by atoms with Crippen LogP contribution in [0.1, 0.15) is 11.1 Å². The number of nitrogens with one attached hydrogen (secondary N) is 1. The van der Waals surface area contributed by atoms with E-state index in [0.29, 0.717) is 6.54 Å². The highest BCUT2D eigenvalue weighted by molar-refractivity contribution is 9.10. The molecule has 0 fully saturated rings. The van der Waals surface area contributed by atoms with E-state index in [0.717, 1.165) is 39.3 Å². The first kappa shape index (κ1) is 16.4. The first-order valence-electron chi connectivity index (χ1n) is 6.88. The Balaban J connectivity index is 2.21. The molecule has 0 aliphatic rings. The van der Waals surface area contributed by atoms with Gasteiger partial charge in [-0.05, 0) is 52.2 Å². The van der Waals surface area contributed by atoms with Gasteiger partial charge in [0.1, 0.15) is 5.82 Å². The predicted molar refractivity (Wildman–Crippen MR) is 92.7 cm³/mol. The molecule has 1 N–H and O–H groups in total. The van der Waals surface area contributed by atoms with Crippen molar-refractivity contribution in [1.82, 2.24) is 4.98 Å². The fraction of sp³-hybridized carbons (Fsp3) is 0.235. The van der Waals surface area contributed by atoms with E-state index in [1.807, 2.05) is 24.3 Å². The van der Waals surface area contributed by atoms with Gasteiger partial charge in [-0.25, -0.2) is 4.98 Å². The Morgan fingerprint density at radius 3 is 2.68 bits per heavy atom. The predicted octanol–water partition coefficient (Wildman–Crippen LogP) is 4.20. The van der Waals surface area contributed by atoms with E-state index in [2.05, 4.69) is 38.9 Å². The molecule has 2 rings (SSSR count). The molecule has 0 saturated carbocycles. The topological polar surface area (TPSA) is 43.4 Å². The summed E-state index contributed by atoms with van der Waals surface area (Å²) in [5, 5.41) is 3.29. The van der Waals surface area contributed by atoms with Crippen molar-refractivity contribution in [2.24, 2.45) is 0 Å². The second-order valence-corrected chi connectivity index (χ2v) is 5.61. The number of ether oxygens (including phenoxy) is 2. The molecule has 0 aliphatic heterocycles. The number of nitrogens with zero attached hydrogens (tertiary/aromatic N) is 1. The lowest BCUT2D eigenvalue weighted by molar-refractivity contribution is 0.352. The van der Waals surface area contributed by atoms with Crippen molar-refractivity contribution in [2.75, 3.05) is 19.5 Å². The van der Waals surface area contributed by atoms with Gasteiger partial charge in [0.05, 0.1) is 14.2 Å². The molecule has 1 aromatic heterocycles. The first-order valence-corrected chi connectivity index (χ1v) is 7.67. The third-order valence-corrected chi connectivity index (χ3v) is 3.65. The van der Waals surface area contributed by atoms with Crippen molar-refractivity contribution in [3.05, 3.63) is 58.7 Å². The lowest BCUT2D eigenvalue weighted by Gasteiger charge is -2.15. The number of allylic oxidation sites excluding steroid dienone is 1. The van der Waals surface area contributed by atoms with Crippen LogP contribution in [-0.4, -0.2) is 19.2 Å². The zero-order valence-electron chi connectivity index (χ0n) is 12.7. The van der Waals surface area contributed by atoms with E-state index < -0.39 is 0 Å². The monoisotopic (exact) mass is 362 g/mol. The summed E-state index contributed by atoms with van der Waals surface area (Å²) >= 11 is 3.37. The van der Waals surface area contributed by atoms with Gasteiger partial charge < -0.3 is 14.8 Å². The zero-order chi connectivity index (χ0) is 15.9. The summed E-state index contributed by atoms with van der Waals surface area (Å²) < 4.78 is 11.8. The Hall–Kier alpha value is -2.01. The molecule has 0 spiro atoms. The van der Waals surface area contributed by atoms with Crippen LogP contribution in [-0.2, 0) is 13.0 Å². The second kappa shape index (κ2) is 7.84. The number of anilines is 1. The molecule has 1 heterocycles. The molecule has 0 unspecified atom stereocenters. The van der Waals surface area contributed by atoms with Gasteiger partial charge in [-0.2, -0.15) is 0 Å². The molecule has 0 amide bonds. The molecular formula is C17H19BrN2O2. The number of benzene rings is 1. The normalized spacial score (nSPS) is 10.1. The molecular weight excluding hydrogens is 344 g/mol. The Morgan fingerprint density at radius 1 is 1.27 bits per heavy atom. The summed E-state index contributed by atoms with van der Waals surface area (Å²) in [7, 11) is 3.29. The standard InChI is InChI=1S/C17H19BrN2O2/c1-4-5-13-8-12(9-15(21-2)17(13)22-3)10-19-16-7-6-14(18)11-20-16/h4,6-9,11H,1,5,10H2,2-3H3,(H,19,20). The van der Waals surface area contributed by atoms with E-state index in [9.17, 15) is 0 Å². The second-order valence-electron chi connectivity index (χ2n) is 4.70. The fourth-order valence-electron chi connectivity index (χ4n) is 2.19. The van der Waals surface area contributed by atoms with Crippen LogP contribution >= 0.6 is 15.9 Å². The van der Waals surface area contributed by atoms with Crippen LogP contribution in [0.15, 0.2) is 47.6 Å². The molecule has 22 heavy (non-hydrogen) atoms. The summed E-state index contributed by atoms with van der Waals surface area (Å²) in [4.78, 5) is 4.30. The lowest BCUT2D eigenvalue weighted by atomic mass is 10.1. The zero-order valence-corrected chi connectivity index (χ0v) is 14.3. The van der Waals surface area contributed by atoms with Crippen LogP contribution in [0, 0.1) is 0 Å². The largest absolute Gasteiger partial charge is 0.493 e. The van der Waals surface area contributed by atoms with Crippen LogP contribution in [0.25, 0.3) is 0 Å². The van der Waals surface area contributed by atoms with Gasteiger partial charge in [-0.15, -0.1) is 6.58 Å². The number of hydrogen-bond acceptors (Lipinski definition) is 4. The van der Waals surface area contributed by atoms with Gasteiger partial charge >= 0.3 is 0 Å². The minimum Gasteiger partial charge on any atom is -0.493 e. The SMILES string of the molecule is C=CCc1cc(CNc2ccc(Br)cn2)cc(OC)c1OC. The summed E-state index contributed by atoms with van der Waals surface area (Å²) in [5.41, 5.74) is 2.15. The van der Waals surface area contributed by atoms with Gasteiger partial charge in [-0.1, -0.05) is 6.08 Å². The minimum atomic E-state index is 0.652. The van der Waals surface area contributed by atoms with Gasteiger partial charge in [0, 0.05) is 22.8 Å². The third kappa shape index (κ3) is 4.01. The average molecular weight is 363 g/mol. The molecule has 1 aromatic carbocycles. The summed E-state index contributed by atoms with van der Waals surface area (Å²) in [6.45, 7) is 4.44. The third-order valence-electron chi connectivity index (χ3n) is 3.18. The first-order chi connectivity index (χ1) is 10.7. The fourth-order valence-corrected chi connectivity index (χ4v) is 2.42. The van der Waals surface area contributed by atoms with E-state index in [4.69, 9.17) is 9.47 Å². The average Bonchev–Trinajstić information content (AvgIpc) is 2.54. The molecule has 0 saturated heterocycles. The van der Waals surface area contributed by atoms with E-state index >= 15 is 0 Å². The number of hydrogen-bond donors (Lipinski definition) is 1. The highest BCUT2D eigenvalue weighted by Gasteiger charge is 2.11. The number of rotatable bonds is 7. The molecule has 5 heteroatoms. The van der Waals surface area contributed by atoms with Crippen molar-refractivity contribution in [3.63, 3.8) is 0 Å². The van der Waals surface area contributed by atoms with Crippen molar-refractivity contribution >= 4 is 21.7 Å². The molecule has 0 bridgehead atoms. The maximum absolute atomic E-state index is 5.44. The quantitative estimate of drug-likeness (QED) is 0.749. The lowest BCUT2D eigenvalue weighted by Crippen LogP contribution is -2.04. The van der Waals surface area contributed by atoms with Crippen molar-refractivity contribution in [3.8, 4) is 11.5 Å². The summed E-state index contributed by atoms with van der Waals surface area (Å²) in [6, 6.07) is 7.94. The van der Waals surface area contributed by atoms with Crippen LogP contribution in [0.2, 0.25) is 0 Å². The summed E-state index contributed by atoms with van der Waals surface area (Å²) in [5.74, 6) is 2.30. The smallest absolute Gasteiger partial charge is 0.164 e. The molecule has 2 aromatic rings. The maximum atomic E-state index is 5.44. The minimum absolute atomic E-state index is 0.652. The van der Waals surface area contributed by atoms with Gasteiger partial charge in [0.15, 0.2) is 11.5 Å². The Morgan fingerprint density at radius 2 is 2.09 bits per heavy atom. The molecule has 0 aliphatic carbocycles. The van der Waals surface area contributed by atoms with Crippen molar-refractivity contribution in [1.29, 1.82) is 0 Å². The molecule has 116 valence electrons. The highest BCUT2D eigenvalue weighted by Crippen LogP contribution is 2.33.